The lowest BCUT2D eigenvalue weighted by Gasteiger charge is -2.11. The number of rotatable bonds is 3. The molecule has 1 aromatic heterocycles. The number of imidazole rings is 1. The minimum absolute atomic E-state index is 0.546. The predicted molar refractivity (Wildman–Crippen MR) is 63.2 cm³/mol. The first-order valence-electron chi connectivity index (χ1n) is 4.71. The summed E-state index contributed by atoms with van der Waals surface area (Å²) in [6, 6.07) is 6.19. The summed E-state index contributed by atoms with van der Waals surface area (Å²) < 4.78 is 1.99. The molecular formula is C11H13N3S. The summed E-state index contributed by atoms with van der Waals surface area (Å²) in [5.41, 5.74) is 8.07. The van der Waals surface area contributed by atoms with Gasteiger partial charge in [0.25, 0.3) is 0 Å². The Kier molecular flexibility index (Phi) is 3.08. The fourth-order valence-electron chi connectivity index (χ4n) is 1.59. The van der Waals surface area contributed by atoms with E-state index in [1.807, 2.05) is 16.8 Å². The van der Waals surface area contributed by atoms with E-state index in [-0.39, 0.29) is 0 Å². The van der Waals surface area contributed by atoms with Crippen molar-refractivity contribution >= 4 is 11.8 Å². The van der Waals surface area contributed by atoms with Gasteiger partial charge < -0.3 is 10.3 Å². The Morgan fingerprint density at radius 3 is 2.93 bits per heavy atom. The highest BCUT2D eigenvalue weighted by atomic mass is 32.2. The molecule has 0 radical (unpaired) electrons. The van der Waals surface area contributed by atoms with Gasteiger partial charge in [0.15, 0.2) is 0 Å². The Morgan fingerprint density at radius 2 is 2.33 bits per heavy atom. The first-order chi connectivity index (χ1) is 7.36. The minimum atomic E-state index is 0.546. The van der Waals surface area contributed by atoms with Crippen molar-refractivity contribution in [2.75, 3.05) is 6.26 Å². The van der Waals surface area contributed by atoms with Crippen LogP contribution in [0.1, 0.15) is 5.56 Å². The van der Waals surface area contributed by atoms with Crippen LogP contribution < -0.4 is 5.73 Å². The van der Waals surface area contributed by atoms with Gasteiger partial charge in [-0.3, -0.25) is 0 Å². The van der Waals surface area contributed by atoms with Crippen LogP contribution in [0.5, 0.6) is 0 Å². The molecule has 0 spiro atoms. The summed E-state index contributed by atoms with van der Waals surface area (Å²) in [5.74, 6) is 0. The SMILES string of the molecule is CSc1cccc(-n2ccnc2)c1CN. The van der Waals surface area contributed by atoms with Crippen molar-refractivity contribution in [3.05, 3.63) is 42.5 Å². The first-order valence-corrected chi connectivity index (χ1v) is 5.93. The summed E-state index contributed by atoms with van der Waals surface area (Å²) in [6.45, 7) is 0.546. The summed E-state index contributed by atoms with van der Waals surface area (Å²) >= 11 is 1.72. The van der Waals surface area contributed by atoms with Gasteiger partial charge in [0.2, 0.25) is 0 Å². The second kappa shape index (κ2) is 4.51. The molecular weight excluding hydrogens is 206 g/mol. The van der Waals surface area contributed by atoms with Crippen LogP contribution >= 0.6 is 11.8 Å². The average molecular weight is 219 g/mol. The molecule has 0 saturated carbocycles. The van der Waals surface area contributed by atoms with E-state index in [1.165, 1.54) is 10.5 Å². The molecule has 0 atom stereocenters. The molecule has 0 bridgehead atoms. The van der Waals surface area contributed by atoms with E-state index in [4.69, 9.17) is 5.73 Å². The molecule has 4 heteroatoms. The molecule has 2 aromatic rings. The van der Waals surface area contributed by atoms with E-state index >= 15 is 0 Å². The number of aromatic nitrogens is 2. The molecule has 1 aromatic carbocycles. The van der Waals surface area contributed by atoms with Crippen LogP contribution in [0.4, 0.5) is 0 Å². The van der Waals surface area contributed by atoms with E-state index < -0.39 is 0 Å². The lowest BCUT2D eigenvalue weighted by molar-refractivity contribution is 0.954. The molecule has 2 rings (SSSR count). The number of nitrogens with two attached hydrogens (primary N) is 1. The maximum absolute atomic E-state index is 5.79. The Hall–Kier alpha value is -1.26. The van der Waals surface area contributed by atoms with Crippen LogP contribution in [-0.2, 0) is 6.54 Å². The summed E-state index contributed by atoms with van der Waals surface area (Å²) in [7, 11) is 0. The second-order valence-electron chi connectivity index (χ2n) is 3.13. The molecule has 0 amide bonds. The maximum atomic E-state index is 5.79. The third-order valence-electron chi connectivity index (χ3n) is 2.31. The van der Waals surface area contributed by atoms with E-state index in [9.17, 15) is 0 Å². The quantitative estimate of drug-likeness (QED) is 0.803. The molecule has 2 N–H and O–H groups in total. The minimum Gasteiger partial charge on any atom is -0.326 e. The van der Waals surface area contributed by atoms with Crippen LogP contribution in [0.15, 0.2) is 41.8 Å². The largest absolute Gasteiger partial charge is 0.326 e. The van der Waals surface area contributed by atoms with E-state index in [0.717, 1.165) is 5.69 Å². The van der Waals surface area contributed by atoms with Gasteiger partial charge in [0, 0.05) is 29.4 Å². The number of hydrogen-bond donors (Lipinski definition) is 1. The zero-order chi connectivity index (χ0) is 10.7. The third-order valence-corrected chi connectivity index (χ3v) is 3.14. The van der Waals surface area contributed by atoms with Gasteiger partial charge in [-0.2, -0.15) is 0 Å². The number of thioether (sulfide) groups is 1. The monoisotopic (exact) mass is 219 g/mol. The normalized spacial score (nSPS) is 10.5. The Balaban J connectivity index is 2.56. The van der Waals surface area contributed by atoms with Gasteiger partial charge in [0.05, 0.1) is 12.0 Å². The lowest BCUT2D eigenvalue weighted by atomic mass is 10.2. The van der Waals surface area contributed by atoms with Gasteiger partial charge in [-0.25, -0.2) is 4.98 Å². The molecule has 1 heterocycles. The molecule has 0 aliphatic heterocycles. The number of benzene rings is 1. The lowest BCUT2D eigenvalue weighted by Crippen LogP contribution is -2.04. The zero-order valence-corrected chi connectivity index (χ0v) is 9.37. The van der Waals surface area contributed by atoms with Crippen molar-refractivity contribution < 1.29 is 0 Å². The van der Waals surface area contributed by atoms with Crippen LogP contribution in [-0.4, -0.2) is 15.8 Å². The molecule has 15 heavy (non-hydrogen) atoms. The fourth-order valence-corrected chi connectivity index (χ4v) is 2.24. The van der Waals surface area contributed by atoms with E-state index in [0.29, 0.717) is 6.54 Å². The van der Waals surface area contributed by atoms with Gasteiger partial charge in [-0.1, -0.05) is 6.07 Å². The molecule has 3 nitrogen and oxygen atoms in total. The predicted octanol–water partition coefficient (Wildman–Crippen LogP) is 2.05. The second-order valence-corrected chi connectivity index (χ2v) is 3.98. The molecule has 0 saturated heterocycles. The van der Waals surface area contributed by atoms with Crippen LogP contribution in [0, 0.1) is 0 Å². The van der Waals surface area contributed by atoms with Crippen molar-refractivity contribution in [1.29, 1.82) is 0 Å². The fraction of sp³-hybridized carbons (Fsp3) is 0.182. The topological polar surface area (TPSA) is 43.8 Å². The van der Waals surface area contributed by atoms with Crippen LogP contribution in [0.3, 0.4) is 0 Å². The third kappa shape index (κ3) is 1.91. The molecule has 78 valence electrons. The van der Waals surface area contributed by atoms with E-state index in [2.05, 4.69) is 23.4 Å². The molecule has 0 unspecified atom stereocenters. The highest BCUT2D eigenvalue weighted by Gasteiger charge is 2.06. The van der Waals surface area contributed by atoms with Crippen molar-refractivity contribution in [2.45, 2.75) is 11.4 Å². The smallest absolute Gasteiger partial charge is 0.0991 e. The molecule has 0 aliphatic carbocycles. The average Bonchev–Trinajstić information content (AvgIpc) is 2.81. The maximum Gasteiger partial charge on any atom is 0.0991 e. The summed E-state index contributed by atoms with van der Waals surface area (Å²) in [5, 5.41) is 0. The standard InChI is InChI=1S/C11H13N3S/c1-15-11-4-2-3-10(9(11)7-12)14-6-5-13-8-14/h2-6,8H,7,12H2,1H3. The first kappa shape index (κ1) is 10.3. The summed E-state index contributed by atoms with van der Waals surface area (Å²) in [6.07, 6.45) is 7.55. The van der Waals surface area contributed by atoms with Crippen LogP contribution in [0.2, 0.25) is 0 Å². The highest BCUT2D eigenvalue weighted by molar-refractivity contribution is 7.98. The Labute approximate surface area is 93.3 Å². The van der Waals surface area contributed by atoms with Gasteiger partial charge >= 0.3 is 0 Å². The van der Waals surface area contributed by atoms with Crippen molar-refractivity contribution in [3.8, 4) is 5.69 Å². The Bertz CT molecular complexity index is 437. The van der Waals surface area contributed by atoms with Crippen molar-refractivity contribution in [1.82, 2.24) is 9.55 Å². The Morgan fingerprint density at radius 1 is 1.47 bits per heavy atom. The molecule has 0 fully saturated rings. The van der Waals surface area contributed by atoms with Gasteiger partial charge in [-0.15, -0.1) is 11.8 Å². The van der Waals surface area contributed by atoms with Crippen molar-refractivity contribution in [3.63, 3.8) is 0 Å². The number of hydrogen-bond acceptors (Lipinski definition) is 3. The molecule has 0 aliphatic rings. The highest BCUT2D eigenvalue weighted by Crippen LogP contribution is 2.25. The van der Waals surface area contributed by atoms with Crippen molar-refractivity contribution in [2.24, 2.45) is 5.73 Å². The summed E-state index contributed by atoms with van der Waals surface area (Å²) in [4.78, 5) is 5.27. The van der Waals surface area contributed by atoms with E-state index in [1.54, 1.807) is 24.3 Å². The van der Waals surface area contributed by atoms with Crippen LogP contribution in [0.25, 0.3) is 5.69 Å². The van der Waals surface area contributed by atoms with Gasteiger partial charge in [0.1, 0.15) is 0 Å². The number of nitrogens with zero attached hydrogens (tertiary/aromatic N) is 2. The zero-order valence-electron chi connectivity index (χ0n) is 8.55. The van der Waals surface area contributed by atoms with Gasteiger partial charge in [-0.05, 0) is 18.4 Å².